The molecular formula is C21H19F3N6O3. The molecule has 0 unspecified atom stereocenters. The van der Waals surface area contributed by atoms with Crippen LogP contribution in [0.5, 0.6) is 0 Å². The SMILES string of the molecule is O=C(Nc1ccccc1-n1ccnn1)C1CCN(c2ccc(C(F)(F)F)cc2[N+](=O)[O-])CC1. The van der Waals surface area contributed by atoms with Crippen molar-refractivity contribution < 1.29 is 22.9 Å². The fourth-order valence-electron chi connectivity index (χ4n) is 3.85. The molecule has 0 atom stereocenters. The Morgan fingerprint density at radius 3 is 2.48 bits per heavy atom. The number of anilines is 2. The van der Waals surface area contributed by atoms with Crippen molar-refractivity contribution in [2.45, 2.75) is 19.0 Å². The lowest BCUT2D eigenvalue weighted by molar-refractivity contribution is -0.384. The number of amides is 1. The number of carbonyl (C=O) groups excluding carboxylic acids is 1. The number of benzene rings is 2. The number of hydrogen-bond donors (Lipinski definition) is 1. The third-order valence-corrected chi connectivity index (χ3v) is 5.54. The lowest BCUT2D eigenvalue weighted by atomic mass is 9.95. The summed E-state index contributed by atoms with van der Waals surface area (Å²) in [5, 5.41) is 22.0. The van der Waals surface area contributed by atoms with Crippen LogP contribution in [0.25, 0.3) is 5.69 Å². The first kappa shape index (κ1) is 22.2. The normalized spacial score (nSPS) is 14.8. The molecule has 0 saturated carbocycles. The summed E-state index contributed by atoms with van der Waals surface area (Å²) in [6, 6.07) is 9.63. The lowest BCUT2D eigenvalue weighted by Crippen LogP contribution is -2.38. The molecule has 0 aliphatic carbocycles. The standard InChI is InChI=1S/C21H19F3N6O3/c22-21(23,24)15-5-6-18(19(13-15)30(32)33)28-10-7-14(8-11-28)20(31)26-16-3-1-2-4-17(16)29-12-9-25-27-29/h1-6,9,12-14H,7-8,10-11H2,(H,26,31). The number of nitro benzene ring substituents is 1. The number of para-hydroxylation sites is 2. The molecule has 33 heavy (non-hydrogen) atoms. The quantitative estimate of drug-likeness (QED) is 0.455. The zero-order chi connectivity index (χ0) is 23.6. The minimum Gasteiger partial charge on any atom is -0.366 e. The molecule has 2 heterocycles. The van der Waals surface area contributed by atoms with E-state index in [9.17, 15) is 28.1 Å². The Kier molecular flexibility index (Phi) is 5.99. The number of aromatic nitrogens is 3. The van der Waals surface area contributed by atoms with Gasteiger partial charge < -0.3 is 10.2 Å². The molecule has 2 aromatic carbocycles. The van der Waals surface area contributed by atoms with Crippen molar-refractivity contribution in [1.29, 1.82) is 0 Å². The maximum absolute atomic E-state index is 13.0. The maximum atomic E-state index is 13.0. The Balaban J connectivity index is 1.45. The molecule has 1 aliphatic heterocycles. The molecule has 1 fully saturated rings. The molecule has 1 amide bonds. The Labute approximate surface area is 186 Å². The second-order valence-corrected chi connectivity index (χ2v) is 7.57. The van der Waals surface area contributed by atoms with Crippen molar-refractivity contribution in [2.75, 3.05) is 23.3 Å². The fourth-order valence-corrected chi connectivity index (χ4v) is 3.85. The van der Waals surface area contributed by atoms with Crippen molar-refractivity contribution >= 4 is 23.0 Å². The summed E-state index contributed by atoms with van der Waals surface area (Å²) >= 11 is 0. The number of carbonyl (C=O) groups is 1. The Bertz CT molecular complexity index is 1160. The summed E-state index contributed by atoms with van der Waals surface area (Å²) < 4.78 is 40.4. The van der Waals surface area contributed by atoms with Gasteiger partial charge in [-0.05, 0) is 37.1 Å². The number of nitrogens with one attached hydrogen (secondary N) is 1. The summed E-state index contributed by atoms with van der Waals surface area (Å²) in [5.41, 5.74) is -0.342. The van der Waals surface area contributed by atoms with Crippen LogP contribution in [-0.4, -0.2) is 38.9 Å². The van der Waals surface area contributed by atoms with Gasteiger partial charge in [-0.1, -0.05) is 17.3 Å². The van der Waals surface area contributed by atoms with Gasteiger partial charge in [-0.3, -0.25) is 14.9 Å². The van der Waals surface area contributed by atoms with Crippen molar-refractivity contribution in [3.05, 3.63) is 70.5 Å². The molecule has 12 heteroatoms. The topological polar surface area (TPSA) is 106 Å². The van der Waals surface area contributed by atoms with E-state index in [0.717, 1.165) is 12.1 Å². The third-order valence-electron chi connectivity index (χ3n) is 5.54. The third kappa shape index (κ3) is 4.78. The van der Waals surface area contributed by atoms with E-state index in [4.69, 9.17) is 0 Å². The van der Waals surface area contributed by atoms with Gasteiger partial charge in [0.1, 0.15) is 5.69 Å². The maximum Gasteiger partial charge on any atom is 0.416 e. The first-order valence-electron chi connectivity index (χ1n) is 10.1. The van der Waals surface area contributed by atoms with Gasteiger partial charge in [0.25, 0.3) is 5.69 Å². The van der Waals surface area contributed by atoms with Crippen molar-refractivity contribution in [3.8, 4) is 5.69 Å². The van der Waals surface area contributed by atoms with E-state index in [1.807, 2.05) is 6.07 Å². The van der Waals surface area contributed by atoms with Crippen LogP contribution in [0.15, 0.2) is 54.9 Å². The van der Waals surface area contributed by atoms with Crippen LogP contribution in [-0.2, 0) is 11.0 Å². The van der Waals surface area contributed by atoms with E-state index < -0.39 is 22.4 Å². The smallest absolute Gasteiger partial charge is 0.366 e. The lowest BCUT2D eigenvalue weighted by Gasteiger charge is -2.32. The zero-order valence-electron chi connectivity index (χ0n) is 17.2. The first-order chi connectivity index (χ1) is 15.7. The Morgan fingerprint density at radius 2 is 1.85 bits per heavy atom. The molecule has 3 aromatic rings. The highest BCUT2D eigenvalue weighted by molar-refractivity contribution is 5.94. The van der Waals surface area contributed by atoms with E-state index in [1.165, 1.54) is 10.9 Å². The summed E-state index contributed by atoms with van der Waals surface area (Å²) in [7, 11) is 0. The van der Waals surface area contributed by atoms with Gasteiger partial charge in [0.2, 0.25) is 5.91 Å². The minimum atomic E-state index is -4.67. The van der Waals surface area contributed by atoms with Crippen LogP contribution in [0.2, 0.25) is 0 Å². The molecule has 1 saturated heterocycles. The number of hydrogen-bond acceptors (Lipinski definition) is 6. The van der Waals surface area contributed by atoms with Crippen LogP contribution >= 0.6 is 0 Å². The number of halogens is 3. The van der Waals surface area contributed by atoms with E-state index in [1.54, 1.807) is 29.3 Å². The van der Waals surface area contributed by atoms with Gasteiger partial charge >= 0.3 is 6.18 Å². The predicted molar refractivity (Wildman–Crippen MR) is 113 cm³/mol. The van der Waals surface area contributed by atoms with Gasteiger partial charge in [-0.25, -0.2) is 4.68 Å². The second kappa shape index (κ2) is 8.88. The van der Waals surface area contributed by atoms with Crippen LogP contribution in [0.3, 0.4) is 0 Å². The number of rotatable bonds is 5. The van der Waals surface area contributed by atoms with Crippen molar-refractivity contribution in [1.82, 2.24) is 15.0 Å². The van der Waals surface area contributed by atoms with E-state index in [0.29, 0.717) is 43.4 Å². The van der Waals surface area contributed by atoms with E-state index >= 15 is 0 Å². The van der Waals surface area contributed by atoms with Gasteiger partial charge in [0.15, 0.2) is 0 Å². The van der Waals surface area contributed by atoms with Gasteiger partial charge in [0, 0.05) is 25.1 Å². The summed E-state index contributed by atoms with van der Waals surface area (Å²) in [5.74, 6) is -0.553. The molecule has 1 aliphatic rings. The van der Waals surface area contributed by atoms with Crippen LogP contribution in [0, 0.1) is 16.0 Å². The predicted octanol–water partition coefficient (Wildman–Crippen LogP) is 4.05. The van der Waals surface area contributed by atoms with Gasteiger partial charge in [-0.15, -0.1) is 5.10 Å². The zero-order valence-corrected chi connectivity index (χ0v) is 17.2. The average Bonchev–Trinajstić information content (AvgIpc) is 3.33. The molecule has 9 nitrogen and oxygen atoms in total. The largest absolute Gasteiger partial charge is 0.416 e. The summed E-state index contributed by atoms with van der Waals surface area (Å²) in [4.78, 5) is 25.1. The second-order valence-electron chi connectivity index (χ2n) is 7.57. The molecule has 0 spiro atoms. The monoisotopic (exact) mass is 460 g/mol. The first-order valence-corrected chi connectivity index (χ1v) is 10.1. The number of piperidine rings is 1. The highest BCUT2D eigenvalue weighted by atomic mass is 19.4. The molecule has 1 aromatic heterocycles. The van der Waals surface area contributed by atoms with Crippen LogP contribution in [0.4, 0.5) is 30.2 Å². The number of alkyl halides is 3. The number of nitro groups is 1. The van der Waals surface area contributed by atoms with Crippen molar-refractivity contribution in [3.63, 3.8) is 0 Å². The molecule has 172 valence electrons. The Morgan fingerprint density at radius 1 is 1.12 bits per heavy atom. The van der Waals surface area contributed by atoms with E-state index in [-0.39, 0.29) is 17.5 Å². The fraction of sp³-hybridized carbons (Fsp3) is 0.286. The van der Waals surface area contributed by atoms with Crippen LogP contribution in [0.1, 0.15) is 18.4 Å². The molecule has 4 rings (SSSR count). The highest BCUT2D eigenvalue weighted by Gasteiger charge is 2.35. The average molecular weight is 460 g/mol. The summed E-state index contributed by atoms with van der Waals surface area (Å²) in [6.07, 6.45) is -0.697. The van der Waals surface area contributed by atoms with Gasteiger partial charge in [0.05, 0.1) is 34.3 Å². The highest BCUT2D eigenvalue weighted by Crippen LogP contribution is 2.37. The molecule has 1 N–H and O–H groups in total. The van der Waals surface area contributed by atoms with Crippen molar-refractivity contribution in [2.24, 2.45) is 5.92 Å². The molecule has 0 bridgehead atoms. The Hall–Kier alpha value is -3.96. The minimum absolute atomic E-state index is 0.114. The van der Waals surface area contributed by atoms with Gasteiger partial charge in [-0.2, -0.15) is 13.2 Å². The van der Waals surface area contributed by atoms with E-state index in [2.05, 4.69) is 15.6 Å². The number of nitrogens with zero attached hydrogens (tertiary/aromatic N) is 5. The van der Waals surface area contributed by atoms with Crippen LogP contribution < -0.4 is 10.2 Å². The summed E-state index contributed by atoms with van der Waals surface area (Å²) in [6.45, 7) is 0.601. The molecule has 0 radical (unpaired) electrons. The molecular weight excluding hydrogens is 441 g/mol.